The van der Waals surface area contributed by atoms with Crippen LogP contribution in [0.25, 0.3) is 48.6 Å². The van der Waals surface area contributed by atoms with Crippen molar-refractivity contribution in [2.24, 2.45) is 0 Å². The summed E-state index contributed by atoms with van der Waals surface area (Å²) in [6.07, 6.45) is 16.6. The van der Waals surface area contributed by atoms with Crippen LogP contribution >= 0.6 is 0 Å². The van der Waals surface area contributed by atoms with Gasteiger partial charge in [0.1, 0.15) is 36.3 Å². The van der Waals surface area contributed by atoms with E-state index >= 15 is 0 Å². The number of hydrogen-bond acceptors (Lipinski definition) is 20. The van der Waals surface area contributed by atoms with E-state index in [0.29, 0.717) is 192 Å². The van der Waals surface area contributed by atoms with Gasteiger partial charge in [-0.2, -0.15) is 0 Å². The Balaban J connectivity index is 1.50. The summed E-state index contributed by atoms with van der Waals surface area (Å²) < 4.78 is 105. The lowest BCUT2D eigenvalue weighted by Gasteiger charge is -2.24. The van der Waals surface area contributed by atoms with Crippen molar-refractivity contribution >= 4 is 61.2 Å². The molecular formula is C74H98O20. The Morgan fingerprint density at radius 2 is 0.426 bits per heavy atom. The summed E-state index contributed by atoms with van der Waals surface area (Å²) in [6.45, 7) is 10.6. The second-order valence-electron chi connectivity index (χ2n) is 20.8. The van der Waals surface area contributed by atoms with Gasteiger partial charge in [0, 0.05) is 50.7 Å². The van der Waals surface area contributed by atoms with Gasteiger partial charge in [-0.25, -0.2) is 0 Å². The predicted octanol–water partition coefficient (Wildman–Crippen LogP) is 10.3. The van der Waals surface area contributed by atoms with Crippen molar-refractivity contribution in [1.29, 1.82) is 0 Å². The van der Waals surface area contributed by atoms with Crippen LogP contribution in [0, 0.1) is 0 Å². The molecule has 0 bridgehead atoms. The summed E-state index contributed by atoms with van der Waals surface area (Å²) in [5.41, 5.74) is 8.46. The van der Waals surface area contributed by atoms with Crippen LogP contribution in [0.1, 0.15) is 65.2 Å². The van der Waals surface area contributed by atoms with Crippen molar-refractivity contribution in [2.45, 2.75) is 12.2 Å². The molecule has 0 spiro atoms. The van der Waals surface area contributed by atoms with E-state index in [1.54, 1.807) is 52.7 Å². The van der Waals surface area contributed by atoms with E-state index in [0.717, 1.165) is 46.0 Å². The topological polar surface area (TPSA) is 200 Å². The molecule has 0 heterocycles. The highest BCUT2D eigenvalue weighted by molar-refractivity contribution is 5.81. The van der Waals surface area contributed by atoms with Gasteiger partial charge in [0.2, 0.25) is 0 Å². The maximum Gasteiger partial charge on any atom is 0.150 e. The van der Waals surface area contributed by atoms with Gasteiger partial charge in [0.15, 0.2) is 0 Å². The number of hydrogen-bond donors (Lipinski definition) is 0. The van der Waals surface area contributed by atoms with Crippen LogP contribution < -0.4 is 9.47 Å². The van der Waals surface area contributed by atoms with Gasteiger partial charge in [-0.15, -0.1) is 0 Å². The van der Waals surface area contributed by atoms with Crippen LogP contribution in [0.5, 0.6) is 11.5 Å². The summed E-state index contributed by atoms with van der Waals surface area (Å²) in [7, 11) is 6.54. The Hall–Kier alpha value is -6.64. The first kappa shape index (κ1) is 78.1. The molecule has 0 radical (unpaired) electrons. The van der Waals surface area contributed by atoms with E-state index in [9.17, 15) is 9.59 Å². The van der Waals surface area contributed by atoms with E-state index in [4.69, 9.17) is 85.3 Å². The van der Waals surface area contributed by atoms with Crippen molar-refractivity contribution in [1.82, 2.24) is 0 Å². The van der Waals surface area contributed by atoms with Crippen molar-refractivity contribution < 1.29 is 94.9 Å². The number of ether oxygens (including phenoxy) is 18. The third-order valence-corrected chi connectivity index (χ3v) is 13.5. The van der Waals surface area contributed by atoms with E-state index < -0.39 is 12.2 Å². The quantitative estimate of drug-likeness (QED) is 0.0202. The van der Waals surface area contributed by atoms with Crippen LogP contribution in [0.3, 0.4) is 0 Å². The summed E-state index contributed by atoms with van der Waals surface area (Å²) in [5.74, 6) is 1.07. The van der Waals surface area contributed by atoms with Crippen molar-refractivity contribution in [3.8, 4) is 11.5 Å². The fourth-order valence-corrected chi connectivity index (χ4v) is 8.40. The van der Waals surface area contributed by atoms with Crippen LogP contribution in [0.2, 0.25) is 0 Å². The maximum atomic E-state index is 11.2. The van der Waals surface area contributed by atoms with Crippen molar-refractivity contribution in [2.75, 3.05) is 213 Å². The molecule has 20 heteroatoms. The van der Waals surface area contributed by atoms with E-state index in [1.807, 2.05) is 134 Å². The molecule has 0 unspecified atom stereocenters. The molecule has 5 aromatic carbocycles. The standard InChI is InChI=1S/C74H98O20/c1-77-29-33-81-37-41-85-45-49-89-57-71(58-90-50-46-86-42-38-82-34-30-78-2)93-73-53-70(28-26-66-15-11-62(12-16-66)6-8-64-19-23-68(56-76)24-20-64)74(54-69(73)27-25-65-13-9-61(10-14-65)5-7-63-17-21-67(55-75)22-18-63)94-72(59-91-51-47-87-43-39-83-35-31-79-3)60-92-52-48-88-44-40-84-36-32-80-4/h5-28,53-56,71-72H,29-52,57-60H2,1-4H3/b7-5+,8-6+,27-25+,28-26+. The Morgan fingerprint density at radius 1 is 0.245 bits per heavy atom. The van der Waals surface area contributed by atoms with Gasteiger partial charge in [0.25, 0.3) is 0 Å². The van der Waals surface area contributed by atoms with Crippen LogP contribution in [0.4, 0.5) is 0 Å². The SMILES string of the molecule is COCCOCCOCCOCC(COCCOCCOCCOC)Oc1cc(/C=C/c2ccc(/C=C/c3ccc(C=O)cc3)cc2)c(OC(COCCOCCOCCOC)COCCOCCOCCOC)cc1/C=C/c1ccc(/C=C/c2ccc(C=O)cc2)cc1. The van der Waals surface area contributed by atoms with Gasteiger partial charge >= 0.3 is 0 Å². The molecule has 0 saturated heterocycles. The fourth-order valence-electron chi connectivity index (χ4n) is 8.40. The maximum absolute atomic E-state index is 11.2. The van der Waals surface area contributed by atoms with Gasteiger partial charge in [-0.05, 0) is 45.5 Å². The highest BCUT2D eigenvalue weighted by Gasteiger charge is 2.20. The molecule has 514 valence electrons. The Labute approximate surface area is 555 Å². The first-order valence-electron chi connectivity index (χ1n) is 31.9. The second kappa shape index (κ2) is 52.6. The lowest BCUT2D eigenvalue weighted by molar-refractivity contribution is -0.0415. The minimum absolute atomic E-state index is 0.168. The molecule has 0 aromatic heterocycles. The monoisotopic (exact) mass is 1310 g/mol. The Morgan fingerprint density at radius 3 is 0.628 bits per heavy atom. The van der Waals surface area contributed by atoms with Crippen molar-refractivity contribution in [3.05, 3.63) is 165 Å². The van der Waals surface area contributed by atoms with Crippen molar-refractivity contribution in [3.63, 3.8) is 0 Å². The molecule has 0 atom stereocenters. The average Bonchev–Trinajstić information content (AvgIpc) is 0.922. The molecule has 0 aliphatic heterocycles. The zero-order chi connectivity index (χ0) is 66.4. The summed E-state index contributed by atoms with van der Waals surface area (Å²) >= 11 is 0. The normalized spacial score (nSPS) is 11.9. The summed E-state index contributed by atoms with van der Waals surface area (Å²) in [5, 5.41) is 0. The van der Waals surface area contributed by atoms with Gasteiger partial charge in [-0.3, -0.25) is 9.59 Å². The molecule has 0 saturated carbocycles. The van der Waals surface area contributed by atoms with Gasteiger partial charge < -0.3 is 85.3 Å². The molecule has 5 aromatic rings. The number of methoxy groups -OCH3 is 4. The predicted molar refractivity (Wildman–Crippen MR) is 365 cm³/mol. The number of benzene rings is 5. The lowest BCUT2D eigenvalue weighted by Crippen LogP contribution is -2.31. The number of rotatable bonds is 58. The highest BCUT2D eigenvalue weighted by atomic mass is 16.6. The van der Waals surface area contributed by atoms with E-state index in [2.05, 4.69) is 0 Å². The smallest absolute Gasteiger partial charge is 0.150 e. The summed E-state index contributed by atoms with van der Waals surface area (Å²) in [4.78, 5) is 22.5. The minimum atomic E-state index is -0.595. The van der Waals surface area contributed by atoms with E-state index in [-0.39, 0.29) is 26.4 Å². The number of carbonyl (C=O) groups excluding carboxylic acids is 2. The molecule has 5 rings (SSSR count). The average molecular weight is 1310 g/mol. The summed E-state index contributed by atoms with van der Waals surface area (Å²) in [6, 6.07) is 35.1. The van der Waals surface area contributed by atoms with Gasteiger partial charge in [0.05, 0.1) is 185 Å². The van der Waals surface area contributed by atoms with Crippen LogP contribution in [0.15, 0.2) is 109 Å². The number of aldehydes is 2. The first-order chi connectivity index (χ1) is 46.4. The molecule has 0 N–H and O–H groups in total. The third kappa shape index (κ3) is 36.3. The van der Waals surface area contributed by atoms with Gasteiger partial charge in [-0.1, -0.05) is 146 Å². The largest absolute Gasteiger partial charge is 0.485 e. The second-order valence-corrected chi connectivity index (χ2v) is 20.8. The lowest BCUT2D eigenvalue weighted by atomic mass is 10.0. The molecular weight excluding hydrogens is 1210 g/mol. The Kier molecular flexibility index (Phi) is 43.7. The molecule has 94 heavy (non-hydrogen) atoms. The Bertz CT molecular complexity index is 2580. The molecule has 0 fully saturated rings. The van der Waals surface area contributed by atoms with E-state index in [1.165, 1.54) is 0 Å². The minimum Gasteiger partial charge on any atom is -0.485 e. The zero-order valence-corrected chi connectivity index (χ0v) is 55.3. The zero-order valence-electron chi connectivity index (χ0n) is 55.3. The highest BCUT2D eigenvalue weighted by Crippen LogP contribution is 2.34. The molecule has 20 nitrogen and oxygen atoms in total. The van der Waals surface area contributed by atoms with Crippen LogP contribution in [-0.4, -0.2) is 238 Å². The molecule has 0 aliphatic carbocycles. The molecule has 0 aliphatic rings. The third-order valence-electron chi connectivity index (χ3n) is 13.5. The van der Waals surface area contributed by atoms with Crippen LogP contribution in [-0.2, 0) is 75.8 Å². The first-order valence-corrected chi connectivity index (χ1v) is 31.9. The fraction of sp³-hybridized carbons (Fsp3) is 0.459. The molecule has 0 amide bonds. The number of carbonyl (C=O) groups is 2.